The van der Waals surface area contributed by atoms with E-state index in [9.17, 15) is 10.1 Å². The molecule has 3 rings (SSSR count). The average Bonchev–Trinajstić information content (AvgIpc) is 2.99. The number of aryl methyl sites for hydroxylation is 1. The van der Waals surface area contributed by atoms with Gasteiger partial charge in [-0.3, -0.25) is 4.79 Å². The lowest BCUT2D eigenvalue weighted by Crippen LogP contribution is -2.11. The first-order valence-electron chi connectivity index (χ1n) is 8.98. The van der Waals surface area contributed by atoms with Gasteiger partial charge in [0, 0.05) is 27.9 Å². The van der Waals surface area contributed by atoms with Crippen molar-refractivity contribution in [3.05, 3.63) is 52.5 Å². The number of esters is 1. The summed E-state index contributed by atoms with van der Waals surface area (Å²) in [4.78, 5) is 15.7. The van der Waals surface area contributed by atoms with Crippen molar-refractivity contribution in [3.8, 4) is 23.1 Å². The largest absolute Gasteiger partial charge is 0.424 e. The first-order valence-corrected chi connectivity index (χ1v) is 9.36. The molecule has 0 fully saturated rings. The van der Waals surface area contributed by atoms with Crippen LogP contribution in [0, 0.1) is 17.2 Å². The molecule has 0 saturated carbocycles. The Morgan fingerprint density at radius 1 is 1.26 bits per heavy atom. The van der Waals surface area contributed by atoms with Gasteiger partial charge in [0.2, 0.25) is 0 Å². The van der Waals surface area contributed by atoms with E-state index in [0.29, 0.717) is 33.8 Å². The number of fused-ring (bicyclic) bond motifs is 1. The van der Waals surface area contributed by atoms with Gasteiger partial charge >= 0.3 is 5.97 Å². The highest BCUT2D eigenvalue weighted by Crippen LogP contribution is 2.39. The molecule has 0 radical (unpaired) electrons. The summed E-state index contributed by atoms with van der Waals surface area (Å²) in [6, 6.07) is 13.2. The molecular weight excluding hydrogens is 360 g/mol. The zero-order chi connectivity index (χ0) is 19.6. The summed E-state index contributed by atoms with van der Waals surface area (Å²) >= 11 is 6.25. The van der Waals surface area contributed by atoms with E-state index in [1.54, 1.807) is 12.1 Å². The maximum absolute atomic E-state index is 12.4. The summed E-state index contributed by atoms with van der Waals surface area (Å²) in [6.45, 7) is 5.98. The number of benzene rings is 2. The Morgan fingerprint density at radius 3 is 2.70 bits per heavy atom. The molecule has 0 saturated heterocycles. The zero-order valence-corrected chi connectivity index (χ0v) is 16.4. The van der Waals surface area contributed by atoms with E-state index in [1.165, 1.54) is 0 Å². The number of nitrogens with one attached hydrogen (secondary N) is 1. The molecule has 4 nitrogen and oxygen atoms in total. The lowest BCUT2D eigenvalue weighted by molar-refractivity contribution is -0.135. The van der Waals surface area contributed by atoms with E-state index >= 15 is 0 Å². The summed E-state index contributed by atoms with van der Waals surface area (Å²) in [7, 11) is 0. The number of H-pyrrole nitrogens is 1. The van der Waals surface area contributed by atoms with Crippen LogP contribution in [0.3, 0.4) is 0 Å². The Kier molecular flexibility index (Phi) is 5.53. The highest BCUT2D eigenvalue weighted by atomic mass is 35.5. The number of aromatic nitrogens is 1. The van der Waals surface area contributed by atoms with Gasteiger partial charge in [-0.05, 0) is 48.2 Å². The number of carbonyl (C=O) groups excluding carboxylic acids is 1. The Labute approximate surface area is 163 Å². The van der Waals surface area contributed by atoms with Crippen molar-refractivity contribution in [3.63, 3.8) is 0 Å². The number of hydrogen-bond acceptors (Lipinski definition) is 3. The van der Waals surface area contributed by atoms with E-state index < -0.39 is 0 Å². The molecule has 0 aliphatic rings. The monoisotopic (exact) mass is 380 g/mol. The van der Waals surface area contributed by atoms with Gasteiger partial charge in [0.15, 0.2) is 5.75 Å². The number of carbonyl (C=O) groups is 1. The maximum Gasteiger partial charge on any atom is 0.311 e. The molecular formula is C22H21ClN2O2. The fourth-order valence-electron chi connectivity index (χ4n) is 3.04. The fraction of sp³-hybridized carbons (Fsp3) is 0.273. The van der Waals surface area contributed by atoms with Gasteiger partial charge in [-0.2, -0.15) is 5.26 Å². The standard InChI is InChI=1S/C22H21ClN2O2/c1-4-15-11-16(6-7-18(15)23)21-22(27-20(26)9-13(2)3)17-10-14(12-24)5-8-19(17)25-21/h5-8,10-11,13,25H,4,9H2,1-3H3. The van der Waals surface area contributed by atoms with Crippen molar-refractivity contribution in [2.24, 2.45) is 5.92 Å². The van der Waals surface area contributed by atoms with Crippen molar-refractivity contribution in [1.82, 2.24) is 4.98 Å². The highest BCUT2D eigenvalue weighted by Gasteiger charge is 2.19. The van der Waals surface area contributed by atoms with Crippen molar-refractivity contribution in [1.29, 1.82) is 5.26 Å². The second-order valence-electron chi connectivity index (χ2n) is 6.93. The number of nitrogens with zero attached hydrogens (tertiary/aromatic N) is 1. The van der Waals surface area contributed by atoms with E-state index in [4.69, 9.17) is 16.3 Å². The van der Waals surface area contributed by atoms with Crippen molar-refractivity contribution < 1.29 is 9.53 Å². The van der Waals surface area contributed by atoms with Crippen LogP contribution in [0.15, 0.2) is 36.4 Å². The van der Waals surface area contributed by atoms with Crippen LogP contribution < -0.4 is 4.74 Å². The second-order valence-corrected chi connectivity index (χ2v) is 7.34. The summed E-state index contributed by atoms with van der Waals surface area (Å²) in [5, 5.41) is 10.7. The number of aromatic amines is 1. The number of hydrogen-bond donors (Lipinski definition) is 1. The first kappa shape index (κ1) is 19.0. The summed E-state index contributed by atoms with van der Waals surface area (Å²) in [6.07, 6.45) is 1.12. The first-order chi connectivity index (χ1) is 12.9. The molecule has 0 amide bonds. The van der Waals surface area contributed by atoms with Crippen LogP contribution in [0.4, 0.5) is 0 Å². The van der Waals surface area contributed by atoms with Crippen LogP contribution in [0.5, 0.6) is 5.75 Å². The van der Waals surface area contributed by atoms with Gasteiger partial charge in [-0.25, -0.2) is 0 Å². The van der Waals surface area contributed by atoms with Crippen LogP contribution >= 0.6 is 11.6 Å². The Balaban J connectivity index is 2.17. The molecule has 2 aromatic carbocycles. The smallest absolute Gasteiger partial charge is 0.311 e. The third kappa shape index (κ3) is 3.99. The van der Waals surface area contributed by atoms with Crippen molar-refractivity contribution in [2.45, 2.75) is 33.6 Å². The molecule has 0 atom stereocenters. The minimum absolute atomic E-state index is 0.197. The lowest BCUT2D eigenvalue weighted by atomic mass is 10.1. The van der Waals surface area contributed by atoms with Crippen molar-refractivity contribution >= 4 is 28.5 Å². The molecule has 1 heterocycles. The summed E-state index contributed by atoms with van der Waals surface area (Å²) < 4.78 is 5.75. The van der Waals surface area contributed by atoms with Gasteiger partial charge in [0.25, 0.3) is 0 Å². The van der Waals surface area contributed by atoms with Gasteiger partial charge in [-0.1, -0.05) is 38.4 Å². The molecule has 0 unspecified atom stereocenters. The van der Waals surface area contributed by atoms with Crippen LogP contribution in [-0.4, -0.2) is 11.0 Å². The quantitative estimate of drug-likeness (QED) is 0.562. The topological polar surface area (TPSA) is 65.9 Å². The molecule has 0 bridgehead atoms. The Hall–Kier alpha value is -2.77. The highest BCUT2D eigenvalue weighted by molar-refractivity contribution is 6.31. The molecule has 3 aromatic rings. The number of rotatable bonds is 5. The Bertz CT molecular complexity index is 1040. The van der Waals surface area contributed by atoms with E-state index in [1.807, 2.05) is 45.0 Å². The minimum atomic E-state index is -0.292. The maximum atomic E-state index is 12.4. The van der Waals surface area contributed by atoms with Crippen LogP contribution in [-0.2, 0) is 11.2 Å². The SMILES string of the molecule is CCc1cc(-c2[nH]c3ccc(C#N)cc3c2OC(=O)CC(C)C)ccc1Cl. The van der Waals surface area contributed by atoms with Gasteiger partial charge in [0.05, 0.1) is 17.3 Å². The predicted molar refractivity (Wildman–Crippen MR) is 108 cm³/mol. The van der Waals surface area contributed by atoms with E-state index in [2.05, 4.69) is 11.1 Å². The van der Waals surface area contributed by atoms with Crippen LogP contribution in [0.2, 0.25) is 5.02 Å². The molecule has 27 heavy (non-hydrogen) atoms. The molecule has 0 aliphatic carbocycles. The second kappa shape index (κ2) is 7.85. The van der Waals surface area contributed by atoms with Crippen LogP contribution in [0.1, 0.15) is 38.3 Å². The minimum Gasteiger partial charge on any atom is -0.424 e. The van der Waals surface area contributed by atoms with Crippen molar-refractivity contribution in [2.75, 3.05) is 0 Å². The number of nitriles is 1. The van der Waals surface area contributed by atoms with E-state index in [-0.39, 0.29) is 11.9 Å². The van der Waals surface area contributed by atoms with Crippen LogP contribution in [0.25, 0.3) is 22.2 Å². The molecule has 1 aromatic heterocycles. The molecule has 0 spiro atoms. The Morgan fingerprint density at radius 2 is 2.04 bits per heavy atom. The average molecular weight is 381 g/mol. The van der Waals surface area contributed by atoms with Gasteiger partial charge in [-0.15, -0.1) is 0 Å². The summed E-state index contributed by atoms with van der Waals surface area (Å²) in [5.41, 5.74) is 3.94. The normalized spacial score (nSPS) is 11.0. The summed E-state index contributed by atoms with van der Waals surface area (Å²) in [5.74, 6) is 0.361. The van der Waals surface area contributed by atoms with Gasteiger partial charge < -0.3 is 9.72 Å². The zero-order valence-electron chi connectivity index (χ0n) is 15.6. The third-order valence-electron chi connectivity index (χ3n) is 4.39. The lowest BCUT2D eigenvalue weighted by Gasteiger charge is -2.10. The molecule has 5 heteroatoms. The van der Waals surface area contributed by atoms with Gasteiger partial charge in [0.1, 0.15) is 0 Å². The number of halogens is 1. The molecule has 0 aliphatic heterocycles. The molecule has 138 valence electrons. The van der Waals surface area contributed by atoms with E-state index in [0.717, 1.165) is 23.1 Å². The predicted octanol–water partition coefficient (Wildman–Crippen LogP) is 5.87. The third-order valence-corrected chi connectivity index (χ3v) is 4.75. The molecule has 1 N–H and O–H groups in total. The number of ether oxygens (including phenoxy) is 1. The fourth-order valence-corrected chi connectivity index (χ4v) is 3.29.